The summed E-state index contributed by atoms with van der Waals surface area (Å²) in [5.41, 5.74) is 7.97. The summed E-state index contributed by atoms with van der Waals surface area (Å²) in [6.07, 6.45) is 2.09. The van der Waals surface area contributed by atoms with Gasteiger partial charge in [-0.25, -0.2) is 0 Å². The van der Waals surface area contributed by atoms with Crippen molar-refractivity contribution in [3.05, 3.63) is 70.7 Å². The first-order valence-electron chi connectivity index (χ1n) is 7.99. The second-order valence-electron chi connectivity index (χ2n) is 6.08. The first kappa shape index (κ1) is 16.0. The van der Waals surface area contributed by atoms with Crippen molar-refractivity contribution in [3.8, 4) is 0 Å². The number of piperidine rings is 1. The van der Waals surface area contributed by atoms with E-state index in [-0.39, 0.29) is 11.9 Å². The van der Waals surface area contributed by atoms with Gasteiger partial charge in [-0.05, 0) is 55.1 Å². The first-order valence-corrected chi connectivity index (χ1v) is 8.36. The minimum Gasteiger partial charge on any atom is -0.368 e. The normalized spacial score (nSPS) is 17.8. The molecule has 2 aromatic rings. The Hall–Kier alpha value is -1.84. The number of benzene rings is 2. The summed E-state index contributed by atoms with van der Waals surface area (Å²) >= 11 is 5.94. The Kier molecular flexibility index (Phi) is 4.99. The molecule has 1 aliphatic rings. The molecule has 1 aliphatic heterocycles. The van der Waals surface area contributed by atoms with Gasteiger partial charge in [-0.1, -0.05) is 54.1 Å². The maximum Gasteiger partial charge on any atom is 0.239 e. The molecule has 3 rings (SSSR count). The lowest BCUT2D eigenvalue weighted by Gasteiger charge is -2.36. The zero-order valence-electron chi connectivity index (χ0n) is 13.0. The molecule has 23 heavy (non-hydrogen) atoms. The Morgan fingerprint density at radius 3 is 2.22 bits per heavy atom. The van der Waals surface area contributed by atoms with Gasteiger partial charge in [-0.3, -0.25) is 9.69 Å². The molecule has 0 spiro atoms. The number of hydrogen-bond donors (Lipinski definition) is 1. The minimum atomic E-state index is -0.371. The van der Waals surface area contributed by atoms with Crippen molar-refractivity contribution in [2.45, 2.75) is 24.8 Å². The Morgan fingerprint density at radius 2 is 1.65 bits per heavy atom. The highest BCUT2D eigenvalue weighted by Gasteiger charge is 2.30. The van der Waals surface area contributed by atoms with Gasteiger partial charge in [0, 0.05) is 5.02 Å². The molecule has 2 N–H and O–H groups in total. The van der Waals surface area contributed by atoms with Gasteiger partial charge in [0.05, 0.1) is 0 Å². The largest absolute Gasteiger partial charge is 0.368 e. The van der Waals surface area contributed by atoms with Gasteiger partial charge in [0.2, 0.25) is 5.91 Å². The summed E-state index contributed by atoms with van der Waals surface area (Å²) in [4.78, 5) is 14.2. The van der Waals surface area contributed by atoms with E-state index in [1.165, 1.54) is 5.56 Å². The fourth-order valence-corrected chi connectivity index (χ4v) is 3.54. The van der Waals surface area contributed by atoms with E-state index in [1.807, 2.05) is 30.3 Å². The van der Waals surface area contributed by atoms with Crippen molar-refractivity contribution in [2.24, 2.45) is 5.73 Å². The first-order chi connectivity index (χ1) is 11.1. The molecule has 0 radical (unpaired) electrons. The summed E-state index contributed by atoms with van der Waals surface area (Å²) in [6.45, 7) is 1.74. The van der Waals surface area contributed by atoms with Crippen LogP contribution in [0.25, 0.3) is 0 Å². The number of hydrogen-bond acceptors (Lipinski definition) is 2. The van der Waals surface area contributed by atoms with Crippen LogP contribution >= 0.6 is 11.6 Å². The summed E-state index contributed by atoms with van der Waals surface area (Å²) in [5.74, 6) is 0.261. The van der Waals surface area contributed by atoms with Crippen molar-refractivity contribution >= 4 is 17.5 Å². The van der Waals surface area contributed by atoms with Crippen molar-refractivity contribution in [2.75, 3.05) is 13.1 Å². The highest BCUT2D eigenvalue weighted by atomic mass is 35.5. The molecule has 1 atom stereocenters. The molecule has 1 fully saturated rings. The van der Waals surface area contributed by atoms with Crippen molar-refractivity contribution < 1.29 is 4.79 Å². The van der Waals surface area contributed by atoms with Crippen molar-refractivity contribution in [3.63, 3.8) is 0 Å². The number of primary amides is 1. The summed E-state index contributed by atoms with van der Waals surface area (Å²) in [7, 11) is 0. The Bertz CT molecular complexity index is 649. The summed E-state index contributed by atoms with van der Waals surface area (Å²) < 4.78 is 0. The van der Waals surface area contributed by atoms with E-state index in [0.29, 0.717) is 10.9 Å². The molecule has 1 amide bonds. The van der Waals surface area contributed by atoms with Crippen LogP contribution in [0.2, 0.25) is 5.02 Å². The van der Waals surface area contributed by atoms with Crippen molar-refractivity contribution in [1.82, 2.24) is 4.90 Å². The van der Waals surface area contributed by atoms with Crippen LogP contribution in [0.15, 0.2) is 54.6 Å². The SMILES string of the molecule is NC(=O)C(c1ccc(Cl)cc1)N1CCC(c2ccccc2)CC1. The highest BCUT2D eigenvalue weighted by Crippen LogP contribution is 2.32. The van der Waals surface area contributed by atoms with Crippen LogP contribution < -0.4 is 5.73 Å². The van der Waals surface area contributed by atoms with E-state index in [0.717, 1.165) is 31.5 Å². The van der Waals surface area contributed by atoms with Crippen LogP contribution in [0.4, 0.5) is 0 Å². The second kappa shape index (κ2) is 7.16. The number of amides is 1. The van der Waals surface area contributed by atoms with Crippen LogP contribution in [0.1, 0.15) is 35.9 Å². The fraction of sp³-hybridized carbons (Fsp3) is 0.316. The summed E-state index contributed by atoms with van der Waals surface area (Å²) in [5, 5.41) is 0.666. The zero-order valence-corrected chi connectivity index (χ0v) is 13.7. The Labute approximate surface area is 142 Å². The van der Waals surface area contributed by atoms with Crippen LogP contribution in [0, 0.1) is 0 Å². The van der Waals surface area contributed by atoms with Crippen LogP contribution in [0.5, 0.6) is 0 Å². The molecular weight excluding hydrogens is 308 g/mol. The lowest BCUT2D eigenvalue weighted by atomic mass is 9.88. The average Bonchev–Trinajstić information content (AvgIpc) is 2.58. The van der Waals surface area contributed by atoms with Gasteiger partial charge >= 0.3 is 0 Å². The predicted molar refractivity (Wildman–Crippen MR) is 93.4 cm³/mol. The molecule has 2 aromatic carbocycles. The number of rotatable bonds is 4. The van der Waals surface area contributed by atoms with Gasteiger partial charge in [-0.2, -0.15) is 0 Å². The minimum absolute atomic E-state index is 0.300. The van der Waals surface area contributed by atoms with Gasteiger partial charge in [0.1, 0.15) is 6.04 Å². The molecule has 4 heteroatoms. The topological polar surface area (TPSA) is 46.3 Å². The molecule has 0 aromatic heterocycles. The highest BCUT2D eigenvalue weighted by molar-refractivity contribution is 6.30. The van der Waals surface area contributed by atoms with Crippen molar-refractivity contribution in [1.29, 1.82) is 0 Å². The maximum atomic E-state index is 12.0. The summed E-state index contributed by atoms with van der Waals surface area (Å²) in [6, 6.07) is 17.6. The number of carbonyl (C=O) groups is 1. The quantitative estimate of drug-likeness (QED) is 0.929. The average molecular weight is 329 g/mol. The monoisotopic (exact) mass is 328 g/mol. The molecule has 0 saturated carbocycles. The number of halogens is 1. The van der Waals surface area contributed by atoms with E-state index in [1.54, 1.807) is 0 Å². The molecule has 3 nitrogen and oxygen atoms in total. The van der Waals surface area contributed by atoms with E-state index >= 15 is 0 Å². The van der Waals surface area contributed by atoms with Gasteiger partial charge in [0.15, 0.2) is 0 Å². The van der Waals surface area contributed by atoms with E-state index < -0.39 is 0 Å². The molecule has 120 valence electrons. The van der Waals surface area contributed by atoms with Crippen LogP contribution in [-0.2, 0) is 4.79 Å². The number of nitrogens with zero attached hydrogens (tertiary/aromatic N) is 1. The zero-order chi connectivity index (χ0) is 16.2. The predicted octanol–water partition coefficient (Wildman–Crippen LogP) is 3.75. The molecule has 0 aliphatic carbocycles. The molecular formula is C19H21ClN2O. The number of nitrogens with two attached hydrogens (primary N) is 1. The van der Waals surface area contributed by atoms with Gasteiger partial charge in [-0.15, -0.1) is 0 Å². The Morgan fingerprint density at radius 1 is 1.04 bits per heavy atom. The van der Waals surface area contributed by atoms with Crippen LogP contribution in [0.3, 0.4) is 0 Å². The smallest absolute Gasteiger partial charge is 0.239 e. The molecule has 0 bridgehead atoms. The third-order valence-corrected chi connectivity index (χ3v) is 4.87. The van der Waals surface area contributed by atoms with Gasteiger partial charge < -0.3 is 5.73 Å². The van der Waals surface area contributed by atoms with Crippen LogP contribution in [-0.4, -0.2) is 23.9 Å². The van der Waals surface area contributed by atoms with E-state index in [9.17, 15) is 4.79 Å². The van der Waals surface area contributed by atoms with Gasteiger partial charge in [0.25, 0.3) is 0 Å². The number of likely N-dealkylation sites (tertiary alicyclic amines) is 1. The maximum absolute atomic E-state index is 12.0. The third-order valence-electron chi connectivity index (χ3n) is 4.62. The third kappa shape index (κ3) is 3.74. The lowest BCUT2D eigenvalue weighted by Crippen LogP contribution is -2.42. The van der Waals surface area contributed by atoms with E-state index in [2.05, 4.69) is 29.2 Å². The number of carbonyl (C=O) groups excluding carboxylic acids is 1. The molecule has 1 saturated heterocycles. The second-order valence-corrected chi connectivity index (χ2v) is 6.51. The Balaban J connectivity index is 1.71. The standard InChI is InChI=1S/C19H21ClN2O/c20-17-8-6-16(7-9-17)18(19(21)23)22-12-10-15(11-13-22)14-4-2-1-3-5-14/h1-9,15,18H,10-13H2,(H2,21,23). The lowest BCUT2D eigenvalue weighted by molar-refractivity contribution is -0.124. The fourth-order valence-electron chi connectivity index (χ4n) is 3.42. The molecule has 1 heterocycles. The molecule has 1 unspecified atom stereocenters. The van der Waals surface area contributed by atoms with E-state index in [4.69, 9.17) is 17.3 Å².